The van der Waals surface area contributed by atoms with Gasteiger partial charge in [0.25, 0.3) is 0 Å². The molecule has 0 saturated heterocycles. The van der Waals surface area contributed by atoms with Crippen molar-refractivity contribution in [2.24, 2.45) is 0 Å². The highest BCUT2D eigenvalue weighted by Gasteiger charge is 2.20. The number of amides is 1. The van der Waals surface area contributed by atoms with Crippen LogP contribution < -0.4 is 10.6 Å². The van der Waals surface area contributed by atoms with Crippen molar-refractivity contribution in [3.63, 3.8) is 0 Å². The standard InChI is InChI=1S/C20H25BrN4O2S/c1-19(2,3)25-17-15-16(12-8-7-11(21)9-13(12)23-17)28-14(24-15)10-22-18(26)27-20(4,5)6/h7-9H,10H2,1-6H3,(H,22,26)(H,23,25). The monoisotopic (exact) mass is 464 g/mol. The van der Waals surface area contributed by atoms with Crippen LogP contribution in [0.3, 0.4) is 0 Å². The summed E-state index contributed by atoms with van der Waals surface area (Å²) in [5.74, 6) is 0.743. The number of thiazole rings is 1. The molecule has 0 spiro atoms. The van der Waals surface area contributed by atoms with Crippen molar-refractivity contribution in [1.29, 1.82) is 0 Å². The number of benzene rings is 1. The second kappa shape index (κ2) is 7.48. The minimum absolute atomic E-state index is 0.155. The Morgan fingerprint density at radius 2 is 1.89 bits per heavy atom. The molecule has 2 N–H and O–H groups in total. The van der Waals surface area contributed by atoms with Gasteiger partial charge in [-0.15, -0.1) is 11.3 Å². The number of aromatic nitrogens is 2. The van der Waals surface area contributed by atoms with Crippen LogP contribution >= 0.6 is 27.3 Å². The molecular weight excluding hydrogens is 440 g/mol. The number of anilines is 1. The summed E-state index contributed by atoms with van der Waals surface area (Å²) in [5, 5.41) is 8.07. The molecule has 2 heterocycles. The normalized spacial score (nSPS) is 12.4. The van der Waals surface area contributed by atoms with Crippen molar-refractivity contribution in [3.8, 4) is 0 Å². The number of rotatable bonds is 3. The van der Waals surface area contributed by atoms with Crippen LogP contribution in [0.1, 0.15) is 46.6 Å². The Kier molecular flexibility index (Phi) is 5.55. The predicted octanol–water partition coefficient (Wildman–Crippen LogP) is 5.84. The molecule has 1 aromatic carbocycles. The molecule has 28 heavy (non-hydrogen) atoms. The van der Waals surface area contributed by atoms with Crippen molar-refractivity contribution >= 4 is 60.3 Å². The van der Waals surface area contributed by atoms with Crippen LogP contribution in [0.5, 0.6) is 0 Å². The lowest BCUT2D eigenvalue weighted by molar-refractivity contribution is 0.0523. The van der Waals surface area contributed by atoms with Crippen molar-refractivity contribution in [3.05, 3.63) is 27.7 Å². The summed E-state index contributed by atoms with van der Waals surface area (Å²) in [6.45, 7) is 12.1. The van der Waals surface area contributed by atoms with Gasteiger partial charge in [-0.1, -0.05) is 22.0 Å². The molecule has 8 heteroatoms. The number of nitrogens with zero attached hydrogens (tertiary/aromatic N) is 2. The second-order valence-corrected chi connectivity index (χ2v) is 10.6. The van der Waals surface area contributed by atoms with Crippen LogP contribution in [0, 0.1) is 0 Å². The Morgan fingerprint density at radius 1 is 1.18 bits per heavy atom. The number of hydrogen-bond donors (Lipinski definition) is 2. The van der Waals surface area contributed by atoms with Gasteiger partial charge in [-0.3, -0.25) is 0 Å². The summed E-state index contributed by atoms with van der Waals surface area (Å²) in [6.07, 6.45) is -0.452. The highest BCUT2D eigenvalue weighted by molar-refractivity contribution is 9.10. The molecule has 0 aliphatic heterocycles. The molecule has 0 radical (unpaired) electrons. The van der Waals surface area contributed by atoms with E-state index in [0.29, 0.717) is 6.54 Å². The Hall–Kier alpha value is -1.93. The van der Waals surface area contributed by atoms with E-state index in [9.17, 15) is 4.79 Å². The highest BCUT2D eigenvalue weighted by Crippen LogP contribution is 2.35. The molecule has 150 valence electrons. The average Bonchev–Trinajstić information content (AvgIpc) is 2.94. The fourth-order valence-electron chi connectivity index (χ4n) is 2.65. The molecule has 3 aromatic rings. The van der Waals surface area contributed by atoms with Gasteiger partial charge in [-0.05, 0) is 53.7 Å². The maximum atomic E-state index is 12.0. The number of pyridine rings is 1. The van der Waals surface area contributed by atoms with E-state index in [1.54, 1.807) is 11.3 Å². The molecule has 0 saturated carbocycles. The lowest BCUT2D eigenvalue weighted by atomic mass is 10.1. The third-order valence-electron chi connectivity index (χ3n) is 3.61. The minimum atomic E-state index is -0.533. The number of alkyl carbamates (subject to hydrolysis) is 1. The third kappa shape index (κ3) is 5.11. The first-order valence-corrected chi connectivity index (χ1v) is 10.7. The molecule has 0 atom stereocenters. The summed E-state index contributed by atoms with van der Waals surface area (Å²) in [5.41, 5.74) is 1.02. The number of ether oxygens (including phenoxy) is 1. The van der Waals surface area contributed by atoms with Crippen LogP contribution in [0.2, 0.25) is 0 Å². The first-order chi connectivity index (χ1) is 12.9. The molecule has 0 fully saturated rings. The number of halogens is 1. The summed E-state index contributed by atoms with van der Waals surface area (Å²) in [7, 11) is 0. The predicted molar refractivity (Wildman–Crippen MR) is 119 cm³/mol. The van der Waals surface area contributed by atoms with Crippen molar-refractivity contribution in [2.45, 2.75) is 59.2 Å². The van der Waals surface area contributed by atoms with Crippen molar-refractivity contribution in [1.82, 2.24) is 15.3 Å². The van der Waals surface area contributed by atoms with Gasteiger partial charge in [0, 0.05) is 15.4 Å². The van der Waals surface area contributed by atoms with Gasteiger partial charge in [-0.25, -0.2) is 14.8 Å². The fraction of sp³-hybridized carbons (Fsp3) is 0.450. The first kappa shape index (κ1) is 20.8. The Bertz CT molecular complexity index is 1030. The Labute approximate surface area is 177 Å². The number of carbonyl (C=O) groups is 1. The topological polar surface area (TPSA) is 76.1 Å². The summed E-state index contributed by atoms with van der Waals surface area (Å²) < 4.78 is 7.33. The van der Waals surface area contributed by atoms with Gasteiger partial charge >= 0.3 is 6.09 Å². The molecular formula is C20H25BrN4O2S. The zero-order valence-corrected chi connectivity index (χ0v) is 19.3. The largest absolute Gasteiger partial charge is 0.444 e. The summed E-state index contributed by atoms with van der Waals surface area (Å²) in [4.78, 5) is 21.5. The Balaban J connectivity index is 1.99. The van der Waals surface area contributed by atoms with E-state index in [2.05, 4.69) is 47.3 Å². The van der Waals surface area contributed by atoms with E-state index in [1.807, 2.05) is 39.0 Å². The van der Waals surface area contributed by atoms with Gasteiger partial charge in [-0.2, -0.15) is 0 Å². The quantitative estimate of drug-likeness (QED) is 0.508. The van der Waals surface area contributed by atoms with Gasteiger partial charge in [0.05, 0.1) is 16.8 Å². The van der Waals surface area contributed by atoms with E-state index in [0.717, 1.165) is 36.4 Å². The molecule has 1 amide bonds. The second-order valence-electron chi connectivity index (χ2n) is 8.64. The smallest absolute Gasteiger partial charge is 0.408 e. The van der Waals surface area contributed by atoms with Gasteiger partial charge in [0.15, 0.2) is 5.82 Å². The third-order valence-corrected chi connectivity index (χ3v) is 5.19. The molecule has 0 aliphatic carbocycles. The fourth-order valence-corrected chi connectivity index (χ4v) is 4.04. The number of hydrogen-bond acceptors (Lipinski definition) is 6. The number of fused-ring (bicyclic) bond motifs is 3. The maximum absolute atomic E-state index is 12.0. The lowest BCUT2D eigenvalue weighted by Gasteiger charge is -2.21. The molecule has 2 aromatic heterocycles. The molecule has 6 nitrogen and oxygen atoms in total. The van der Waals surface area contributed by atoms with Gasteiger partial charge in [0.2, 0.25) is 0 Å². The molecule has 0 aliphatic rings. The van der Waals surface area contributed by atoms with Crippen molar-refractivity contribution in [2.75, 3.05) is 5.32 Å². The van der Waals surface area contributed by atoms with E-state index >= 15 is 0 Å². The van der Waals surface area contributed by atoms with E-state index < -0.39 is 11.7 Å². The Morgan fingerprint density at radius 3 is 2.54 bits per heavy atom. The zero-order valence-electron chi connectivity index (χ0n) is 16.9. The zero-order chi connectivity index (χ0) is 20.7. The van der Waals surface area contributed by atoms with Crippen LogP contribution in [-0.4, -0.2) is 27.2 Å². The minimum Gasteiger partial charge on any atom is -0.444 e. The lowest BCUT2D eigenvalue weighted by Crippen LogP contribution is -2.32. The molecule has 3 rings (SSSR count). The van der Waals surface area contributed by atoms with Crippen molar-refractivity contribution < 1.29 is 9.53 Å². The molecule has 0 bridgehead atoms. The average molecular weight is 465 g/mol. The van der Waals surface area contributed by atoms with E-state index in [1.165, 1.54) is 0 Å². The van der Waals surface area contributed by atoms with Crippen LogP contribution in [0.15, 0.2) is 22.7 Å². The molecule has 0 unspecified atom stereocenters. The SMILES string of the molecule is CC(C)(C)Nc1nc2cc(Br)ccc2c2sc(CNC(=O)OC(C)(C)C)nc12. The number of carbonyl (C=O) groups excluding carboxylic acids is 1. The van der Waals surface area contributed by atoms with E-state index in [4.69, 9.17) is 14.7 Å². The van der Waals surface area contributed by atoms with Gasteiger partial charge < -0.3 is 15.4 Å². The highest BCUT2D eigenvalue weighted by atomic mass is 79.9. The summed E-state index contributed by atoms with van der Waals surface area (Å²) >= 11 is 5.07. The van der Waals surface area contributed by atoms with Crippen LogP contribution in [0.4, 0.5) is 10.6 Å². The van der Waals surface area contributed by atoms with Crippen LogP contribution in [-0.2, 0) is 11.3 Å². The maximum Gasteiger partial charge on any atom is 0.408 e. The number of nitrogens with one attached hydrogen (secondary N) is 2. The van der Waals surface area contributed by atoms with Gasteiger partial charge in [0.1, 0.15) is 16.1 Å². The summed E-state index contributed by atoms with van der Waals surface area (Å²) in [6, 6.07) is 6.04. The van der Waals surface area contributed by atoms with E-state index in [-0.39, 0.29) is 5.54 Å². The van der Waals surface area contributed by atoms with Crippen LogP contribution in [0.25, 0.3) is 21.1 Å². The first-order valence-electron chi connectivity index (χ1n) is 9.05.